The number of aromatic carboxylic acids is 1. The zero-order valence-electron chi connectivity index (χ0n) is 16.1. The quantitative estimate of drug-likeness (QED) is 0.543. The van der Waals surface area contributed by atoms with E-state index in [1.165, 1.54) is 25.3 Å². The Kier molecular flexibility index (Phi) is 6.33. The third-order valence-electron chi connectivity index (χ3n) is 4.15. The summed E-state index contributed by atoms with van der Waals surface area (Å²) >= 11 is 0. The summed E-state index contributed by atoms with van der Waals surface area (Å²) in [5.41, 5.74) is 1.09. The molecule has 2 aromatic carbocycles. The van der Waals surface area contributed by atoms with Gasteiger partial charge in [0.25, 0.3) is 0 Å². The van der Waals surface area contributed by atoms with Gasteiger partial charge in [0.15, 0.2) is 28.7 Å². The molecule has 0 atom stereocenters. The normalized spacial score (nSPS) is 10.6. The molecule has 3 rings (SSSR count). The second kappa shape index (κ2) is 9.09. The van der Waals surface area contributed by atoms with Crippen molar-refractivity contribution in [2.75, 3.05) is 19.0 Å². The Bertz CT molecular complexity index is 1000. The number of hydrogen-bond acceptors (Lipinski definition) is 6. The zero-order chi connectivity index (χ0) is 20.8. The second-order valence-corrected chi connectivity index (χ2v) is 6.24. The molecule has 0 spiro atoms. The van der Waals surface area contributed by atoms with Crippen LogP contribution in [0.5, 0.6) is 11.5 Å². The lowest BCUT2D eigenvalue weighted by Gasteiger charge is -2.08. The molecular weight excluding hydrogens is 379 g/mol. The largest absolute Gasteiger partial charge is 0.494 e. The van der Waals surface area contributed by atoms with E-state index in [-0.39, 0.29) is 22.9 Å². The minimum Gasteiger partial charge on any atom is -0.494 e. The molecule has 1 heterocycles. The fourth-order valence-electron chi connectivity index (χ4n) is 2.76. The highest BCUT2D eigenvalue weighted by atomic mass is 19.1. The third kappa shape index (κ3) is 4.66. The van der Waals surface area contributed by atoms with Gasteiger partial charge in [0.1, 0.15) is 5.75 Å². The van der Waals surface area contributed by atoms with Crippen LogP contribution in [0.1, 0.15) is 29.3 Å². The van der Waals surface area contributed by atoms with Crippen LogP contribution in [0.4, 0.5) is 10.2 Å². The molecule has 0 bridgehead atoms. The Labute approximate surface area is 167 Å². The fraction of sp³-hybridized carbons (Fsp3) is 0.238. The topological polar surface area (TPSA) is 93.8 Å². The SMILES string of the molecule is CCCOc1cccc(CNc2noc(-c3ccc(F)c(OC)c3)c2C(=O)O)c1. The van der Waals surface area contributed by atoms with Crippen LogP contribution >= 0.6 is 0 Å². The van der Waals surface area contributed by atoms with Gasteiger partial charge in [0, 0.05) is 12.1 Å². The molecule has 0 aliphatic carbocycles. The number of aromatic nitrogens is 1. The van der Waals surface area contributed by atoms with Gasteiger partial charge in [0.05, 0.1) is 13.7 Å². The van der Waals surface area contributed by atoms with Gasteiger partial charge in [-0.3, -0.25) is 0 Å². The number of rotatable bonds is 9. The maximum Gasteiger partial charge on any atom is 0.343 e. The fourth-order valence-corrected chi connectivity index (χ4v) is 2.76. The smallest absolute Gasteiger partial charge is 0.343 e. The molecule has 0 amide bonds. The first-order chi connectivity index (χ1) is 14.0. The minimum absolute atomic E-state index is 0.0123. The number of hydrogen-bond donors (Lipinski definition) is 2. The van der Waals surface area contributed by atoms with E-state index in [2.05, 4.69) is 10.5 Å². The van der Waals surface area contributed by atoms with Crippen molar-refractivity contribution in [3.8, 4) is 22.8 Å². The Morgan fingerprint density at radius 1 is 1.28 bits per heavy atom. The van der Waals surface area contributed by atoms with Crippen LogP contribution in [0.25, 0.3) is 11.3 Å². The maximum absolute atomic E-state index is 13.7. The molecule has 0 saturated heterocycles. The summed E-state index contributed by atoms with van der Waals surface area (Å²) < 4.78 is 29.5. The first-order valence-electron chi connectivity index (χ1n) is 9.06. The monoisotopic (exact) mass is 400 g/mol. The van der Waals surface area contributed by atoms with Crippen LogP contribution in [0.2, 0.25) is 0 Å². The molecule has 0 radical (unpaired) electrons. The van der Waals surface area contributed by atoms with Crippen molar-refractivity contribution in [1.29, 1.82) is 0 Å². The van der Waals surface area contributed by atoms with E-state index in [9.17, 15) is 14.3 Å². The highest BCUT2D eigenvalue weighted by molar-refractivity contribution is 5.99. The first-order valence-corrected chi connectivity index (χ1v) is 9.06. The number of benzene rings is 2. The van der Waals surface area contributed by atoms with Crippen molar-refractivity contribution in [2.45, 2.75) is 19.9 Å². The highest BCUT2D eigenvalue weighted by Gasteiger charge is 2.24. The van der Waals surface area contributed by atoms with Crippen molar-refractivity contribution in [3.63, 3.8) is 0 Å². The van der Waals surface area contributed by atoms with Gasteiger partial charge in [-0.15, -0.1) is 0 Å². The molecule has 0 aliphatic rings. The summed E-state index contributed by atoms with van der Waals surface area (Å²) in [7, 11) is 1.33. The van der Waals surface area contributed by atoms with Crippen molar-refractivity contribution in [3.05, 3.63) is 59.4 Å². The van der Waals surface area contributed by atoms with Gasteiger partial charge in [-0.05, 0) is 42.3 Å². The van der Waals surface area contributed by atoms with Crippen LogP contribution < -0.4 is 14.8 Å². The Hall–Kier alpha value is -3.55. The minimum atomic E-state index is -1.22. The summed E-state index contributed by atoms with van der Waals surface area (Å²) in [5.74, 6) is -0.963. The lowest BCUT2D eigenvalue weighted by atomic mass is 10.1. The van der Waals surface area contributed by atoms with Crippen LogP contribution in [-0.2, 0) is 6.54 Å². The first kappa shape index (κ1) is 20.2. The summed E-state index contributed by atoms with van der Waals surface area (Å²) in [6, 6.07) is 11.4. The number of nitrogens with zero attached hydrogens (tertiary/aromatic N) is 1. The number of carboxylic acid groups (broad SMARTS) is 1. The molecule has 1 aromatic heterocycles. The van der Waals surface area contributed by atoms with Crippen molar-refractivity contribution >= 4 is 11.8 Å². The average Bonchev–Trinajstić information content (AvgIpc) is 3.15. The zero-order valence-corrected chi connectivity index (χ0v) is 16.1. The van der Waals surface area contributed by atoms with E-state index in [1.807, 2.05) is 31.2 Å². The lowest BCUT2D eigenvalue weighted by Crippen LogP contribution is -2.06. The Morgan fingerprint density at radius 2 is 2.10 bits per heavy atom. The van der Waals surface area contributed by atoms with Crippen molar-refractivity contribution in [2.24, 2.45) is 0 Å². The number of halogens is 1. The summed E-state index contributed by atoms with van der Waals surface area (Å²) in [5, 5.41) is 16.5. The maximum atomic E-state index is 13.7. The summed E-state index contributed by atoms with van der Waals surface area (Å²) in [4.78, 5) is 11.8. The van der Waals surface area contributed by atoms with Crippen molar-refractivity contribution in [1.82, 2.24) is 5.16 Å². The predicted octanol–water partition coefficient (Wildman–Crippen LogP) is 4.59. The molecule has 29 heavy (non-hydrogen) atoms. The number of ether oxygens (including phenoxy) is 2. The molecule has 0 aliphatic heterocycles. The molecule has 8 heteroatoms. The van der Waals surface area contributed by atoms with Gasteiger partial charge in [-0.1, -0.05) is 24.2 Å². The highest BCUT2D eigenvalue weighted by Crippen LogP contribution is 2.32. The van der Waals surface area contributed by atoms with E-state index in [0.29, 0.717) is 18.7 Å². The molecule has 0 saturated carbocycles. The van der Waals surface area contributed by atoms with Gasteiger partial charge < -0.3 is 24.4 Å². The van der Waals surface area contributed by atoms with E-state index in [4.69, 9.17) is 14.0 Å². The van der Waals surface area contributed by atoms with Crippen LogP contribution in [-0.4, -0.2) is 29.9 Å². The van der Waals surface area contributed by atoms with Gasteiger partial charge in [0.2, 0.25) is 0 Å². The standard InChI is InChI=1S/C21H21FN2O5/c1-3-9-28-15-6-4-5-13(10-15)12-23-20-18(21(25)26)19(29-24-20)14-7-8-16(22)17(11-14)27-2/h4-8,10-11H,3,9,12H2,1-2H3,(H,23,24)(H,25,26). The van der Waals surface area contributed by atoms with Crippen LogP contribution in [0.3, 0.4) is 0 Å². The molecular formula is C21H21FN2O5. The van der Waals surface area contributed by atoms with Crippen molar-refractivity contribution < 1.29 is 28.3 Å². The summed E-state index contributed by atoms with van der Waals surface area (Å²) in [6.45, 7) is 2.97. The van der Waals surface area contributed by atoms with Gasteiger partial charge >= 0.3 is 5.97 Å². The molecule has 0 unspecified atom stereocenters. The summed E-state index contributed by atoms with van der Waals surface area (Å²) in [6.07, 6.45) is 0.903. The van der Waals surface area contributed by atoms with E-state index in [1.54, 1.807) is 0 Å². The molecule has 0 fully saturated rings. The van der Waals surface area contributed by atoms with Crippen LogP contribution in [0, 0.1) is 5.82 Å². The van der Waals surface area contributed by atoms with Crippen LogP contribution in [0.15, 0.2) is 47.0 Å². The van der Waals surface area contributed by atoms with E-state index >= 15 is 0 Å². The van der Waals surface area contributed by atoms with Gasteiger partial charge in [-0.2, -0.15) is 0 Å². The Balaban J connectivity index is 1.83. The molecule has 152 valence electrons. The average molecular weight is 400 g/mol. The van der Waals surface area contributed by atoms with E-state index in [0.717, 1.165) is 17.7 Å². The Morgan fingerprint density at radius 3 is 2.83 bits per heavy atom. The molecule has 3 aromatic rings. The lowest BCUT2D eigenvalue weighted by molar-refractivity contribution is 0.0698. The number of anilines is 1. The second-order valence-electron chi connectivity index (χ2n) is 6.24. The van der Waals surface area contributed by atoms with E-state index < -0.39 is 11.8 Å². The number of methoxy groups -OCH3 is 1. The molecule has 7 nitrogen and oxygen atoms in total. The predicted molar refractivity (Wildman–Crippen MR) is 105 cm³/mol. The number of carboxylic acids is 1. The molecule has 2 N–H and O–H groups in total. The third-order valence-corrected chi connectivity index (χ3v) is 4.15. The number of carbonyl (C=O) groups is 1. The number of nitrogens with one attached hydrogen (secondary N) is 1. The van der Waals surface area contributed by atoms with Gasteiger partial charge in [-0.25, -0.2) is 9.18 Å².